The average molecular weight is 420 g/mol. The van der Waals surface area contributed by atoms with Gasteiger partial charge in [-0.3, -0.25) is 9.59 Å². The number of aromatic nitrogens is 1. The van der Waals surface area contributed by atoms with Gasteiger partial charge in [0.15, 0.2) is 5.82 Å². The lowest BCUT2D eigenvalue weighted by molar-refractivity contribution is -0.122. The number of nitrogens with one attached hydrogen (secondary N) is 1. The van der Waals surface area contributed by atoms with Crippen molar-refractivity contribution >= 4 is 33.3 Å². The van der Waals surface area contributed by atoms with Crippen molar-refractivity contribution < 1.29 is 22.5 Å². The molecule has 1 atom stereocenters. The Bertz CT molecular complexity index is 996. The molecule has 1 N–H and O–H groups in total. The predicted octanol–water partition coefficient (Wildman–Crippen LogP) is 2.01. The summed E-state index contributed by atoms with van der Waals surface area (Å²) >= 11 is 0. The minimum atomic E-state index is -3.56. The molecule has 1 fully saturated rings. The smallest absolute Gasteiger partial charge is 0.243 e. The van der Waals surface area contributed by atoms with Crippen LogP contribution in [-0.2, 0) is 19.6 Å². The minimum Gasteiger partial charge on any atom is -0.362 e. The van der Waals surface area contributed by atoms with Gasteiger partial charge in [-0.05, 0) is 31.2 Å². The van der Waals surface area contributed by atoms with Crippen LogP contribution in [0.2, 0.25) is 0 Å². The molecule has 0 aliphatic carbocycles. The van der Waals surface area contributed by atoms with E-state index >= 15 is 0 Å². The van der Waals surface area contributed by atoms with Crippen molar-refractivity contribution in [1.29, 1.82) is 0 Å². The Labute approximate surface area is 169 Å². The fraction of sp³-hybridized carbons (Fsp3) is 0.421. The van der Waals surface area contributed by atoms with E-state index in [0.717, 1.165) is 0 Å². The van der Waals surface area contributed by atoms with Crippen LogP contribution in [0.15, 0.2) is 39.9 Å². The van der Waals surface area contributed by atoms with Crippen molar-refractivity contribution in [3.63, 3.8) is 0 Å². The zero-order valence-corrected chi connectivity index (χ0v) is 17.4. The van der Waals surface area contributed by atoms with E-state index in [1.807, 2.05) is 0 Å². The van der Waals surface area contributed by atoms with E-state index in [0.29, 0.717) is 30.2 Å². The van der Waals surface area contributed by atoms with Crippen LogP contribution < -0.4 is 10.2 Å². The first-order valence-corrected chi connectivity index (χ1v) is 10.8. The Balaban J connectivity index is 1.72. The number of carbonyl (C=O) groups excluding carboxylic acids is 2. The summed E-state index contributed by atoms with van der Waals surface area (Å²) in [4.78, 5) is 26.6. The summed E-state index contributed by atoms with van der Waals surface area (Å²) in [6.45, 7) is 6.30. The Hall–Kier alpha value is -2.72. The SMILES string of the molecule is CCN(CC)S(=O)(=O)c1ccc(N2C[C@@H](C(=O)Nc3nocc3C)CC2=O)cc1. The first-order chi connectivity index (χ1) is 13.8. The third-order valence-electron chi connectivity index (χ3n) is 4.98. The molecular formula is C19H24N4O5S. The summed E-state index contributed by atoms with van der Waals surface area (Å²) in [6.07, 6.45) is 1.50. The highest BCUT2D eigenvalue weighted by Gasteiger charge is 2.35. The Morgan fingerprint density at radius 2 is 1.93 bits per heavy atom. The Kier molecular flexibility index (Phi) is 6.04. The van der Waals surface area contributed by atoms with Crippen LogP contribution in [0.3, 0.4) is 0 Å². The highest BCUT2D eigenvalue weighted by molar-refractivity contribution is 7.89. The van der Waals surface area contributed by atoms with Crippen LogP contribution in [0.5, 0.6) is 0 Å². The number of benzene rings is 1. The molecule has 10 heteroatoms. The van der Waals surface area contributed by atoms with Gasteiger partial charge in [-0.2, -0.15) is 4.31 Å². The first kappa shape index (κ1) is 21.0. The standard InChI is InChI=1S/C19H24N4O5S/c1-4-22(5-2)29(26,27)16-8-6-15(7-9-16)23-11-14(10-17(23)24)19(25)20-18-13(3)12-28-21-18/h6-9,12,14H,4-5,10-11H2,1-3H3,(H,20,21,25)/t14-/m0/s1. The molecule has 29 heavy (non-hydrogen) atoms. The van der Waals surface area contributed by atoms with Gasteiger partial charge in [0, 0.05) is 37.3 Å². The van der Waals surface area contributed by atoms with Gasteiger partial charge in [-0.1, -0.05) is 19.0 Å². The van der Waals surface area contributed by atoms with E-state index in [1.165, 1.54) is 27.6 Å². The van der Waals surface area contributed by atoms with Gasteiger partial charge < -0.3 is 14.7 Å². The molecule has 0 spiro atoms. The number of aryl methyl sites for hydroxylation is 1. The molecule has 1 saturated heterocycles. The topological polar surface area (TPSA) is 113 Å². The maximum Gasteiger partial charge on any atom is 0.243 e. The maximum atomic E-state index is 12.6. The molecule has 3 rings (SSSR count). The number of carbonyl (C=O) groups is 2. The van der Waals surface area contributed by atoms with Gasteiger partial charge in [0.05, 0.1) is 10.8 Å². The van der Waals surface area contributed by atoms with Crippen LogP contribution in [0, 0.1) is 12.8 Å². The van der Waals surface area contributed by atoms with E-state index in [9.17, 15) is 18.0 Å². The normalized spacial score (nSPS) is 17.2. The van der Waals surface area contributed by atoms with Crippen LogP contribution in [-0.4, -0.2) is 49.3 Å². The average Bonchev–Trinajstić information content (AvgIpc) is 3.28. The van der Waals surface area contributed by atoms with Crippen molar-refractivity contribution in [2.45, 2.75) is 32.1 Å². The third-order valence-corrected chi connectivity index (χ3v) is 7.04. The molecule has 0 unspecified atom stereocenters. The largest absolute Gasteiger partial charge is 0.362 e. The lowest BCUT2D eigenvalue weighted by atomic mass is 10.1. The number of nitrogens with zero attached hydrogens (tertiary/aromatic N) is 3. The number of amides is 2. The molecule has 156 valence electrons. The molecule has 1 aromatic heterocycles. The predicted molar refractivity (Wildman–Crippen MR) is 107 cm³/mol. The fourth-order valence-corrected chi connectivity index (χ4v) is 4.73. The monoisotopic (exact) mass is 420 g/mol. The fourth-order valence-electron chi connectivity index (χ4n) is 3.27. The van der Waals surface area contributed by atoms with Gasteiger partial charge in [0.2, 0.25) is 21.8 Å². The molecule has 9 nitrogen and oxygen atoms in total. The summed E-state index contributed by atoms with van der Waals surface area (Å²) in [5.41, 5.74) is 1.26. The van der Waals surface area contributed by atoms with E-state index in [-0.39, 0.29) is 29.7 Å². The third kappa shape index (κ3) is 4.18. The quantitative estimate of drug-likeness (QED) is 0.733. The van der Waals surface area contributed by atoms with Crippen LogP contribution in [0.25, 0.3) is 0 Å². The molecule has 2 amide bonds. The number of hydrogen-bond acceptors (Lipinski definition) is 6. The second kappa shape index (κ2) is 8.34. The number of rotatable bonds is 7. The lowest BCUT2D eigenvalue weighted by Crippen LogP contribution is -2.31. The van der Waals surface area contributed by atoms with Gasteiger partial charge in [0.1, 0.15) is 6.26 Å². The van der Waals surface area contributed by atoms with Crippen LogP contribution >= 0.6 is 0 Å². The summed E-state index contributed by atoms with van der Waals surface area (Å²) in [5.74, 6) is -0.690. The molecule has 2 heterocycles. The zero-order valence-electron chi connectivity index (χ0n) is 16.6. The van der Waals surface area contributed by atoms with E-state index < -0.39 is 15.9 Å². The van der Waals surface area contributed by atoms with Crippen molar-refractivity contribution in [1.82, 2.24) is 9.46 Å². The van der Waals surface area contributed by atoms with Crippen LogP contribution in [0.4, 0.5) is 11.5 Å². The number of sulfonamides is 1. The summed E-state index contributed by atoms with van der Waals surface area (Å²) in [6, 6.07) is 6.16. The molecular weight excluding hydrogens is 396 g/mol. The second-order valence-corrected chi connectivity index (χ2v) is 8.76. The first-order valence-electron chi connectivity index (χ1n) is 9.40. The molecule has 1 aliphatic heterocycles. The van der Waals surface area contributed by atoms with Crippen molar-refractivity contribution in [3.05, 3.63) is 36.1 Å². The van der Waals surface area contributed by atoms with Crippen molar-refractivity contribution in [2.75, 3.05) is 29.9 Å². The molecule has 0 bridgehead atoms. The maximum absolute atomic E-state index is 12.6. The van der Waals surface area contributed by atoms with E-state index in [2.05, 4.69) is 10.5 Å². The van der Waals surface area contributed by atoms with Crippen molar-refractivity contribution in [2.24, 2.45) is 5.92 Å². The Morgan fingerprint density at radius 1 is 1.28 bits per heavy atom. The highest BCUT2D eigenvalue weighted by atomic mass is 32.2. The minimum absolute atomic E-state index is 0.0717. The summed E-state index contributed by atoms with van der Waals surface area (Å²) < 4.78 is 31.3. The van der Waals surface area contributed by atoms with E-state index in [4.69, 9.17) is 4.52 Å². The van der Waals surface area contributed by atoms with Gasteiger partial charge in [-0.25, -0.2) is 8.42 Å². The van der Waals surface area contributed by atoms with Crippen LogP contribution in [0.1, 0.15) is 25.8 Å². The molecule has 2 aromatic rings. The summed E-state index contributed by atoms with van der Waals surface area (Å²) in [7, 11) is -3.56. The molecule has 1 aromatic carbocycles. The van der Waals surface area contributed by atoms with E-state index in [1.54, 1.807) is 32.9 Å². The van der Waals surface area contributed by atoms with Gasteiger partial charge >= 0.3 is 0 Å². The molecule has 0 radical (unpaired) electrons. The molecule has 1 aliphatic rings. The summed E-state index contributed by atoms with van der Waals surface area (Å²) in [5, 5.41) is 6.39. The zero-order chi connectivity index (χ0) is 21.2. The number of hydrogen-bond donors (Lipinski definition) is 1. The number of anilines is 2. The highest BCUT2D eigenvalue weighted by Crippen LogP contribution is 2.28. The lowest BCUT2D eigenvalue weighted by Gasteiger charge is -2.20. The Morgan fingerprint density at radius 3 is 2.48 bits per heavy atom. The van der Waals surface area contributed by atoms with Gasteiger partial charge in [0.25, 0.3) is 0 Å². The second-order valence-electron chi connectivity index (χ2n) is 6.82. The van der Waals surface area contributed by atoms with Crippen molar-refractivity contribution in [3.8, 4) is 0 Å². The molecule has 0 saturated carbocycles. The van der Waals surface area contributed by atoms with Gasteiger partial charge in [-0.15, -0.1) is 0 Å².